The molecule has 0 unspecified atom stereocenters. The van der Waals surface area contributed by atoms with E-state index < -0.39 is 0 Å². The van der Waals surface area contributed by atoms with Crippen molar-refractivity contribution in [2.75, 3.05) is 52.2 Å². The number of aliphatic imine (C=N–C) groups is 1. The minimum absolute atomic E-state index is 0. The van der Waals surface area contributed by atoms with Gasteiger partial charge in [-0.25, -0.2) is 9.98 Å². The highest BCUT2D eigenvalue weighted by Crippen LogP contribution is 2.13. The first kappa shape index (κ1) is 27.2. The van der Waals surface area contributed by atoms with Gasteiger partial charge in [-0.3, -0.25) is 4.79 Å². The maximum atomic E-state index is 11.9. The van der Waals surface area contributed by atoms with Gasteiger partial charge < -0.3 is 20.4 Å². The molecule has 1 aromatic carbocycles. The Balaban J connectivity index is 0.00000480. The van der Waals surface area contributed by atoms with Gasteiger partial charge in [0.25, 0.3) is 0 Å². The topological polar surface area (TPSA) is 72.9 Å². The van der Waals surface area contributed by atoms with Gasteiger partial charge in [0.05, 0.1) is 5.01 Å². The second-order valence-corrected chi connectivity index (χ2v) is 8.44. The van der Waals surface area contributed by atoms with Crippen LogP contribution < -0.4 is 15.5 Å². The molecule has 1 amide bonds. The number of likely N-dealkylation sites (N-methyl/N-ethyl adjacent to an activating group) is 1. The van der Waals surface area contributed by atoms with Crippen LogP contribution in [0.15, 0.2) is 41.5 Å². The Morgan fingerprint density at radius 2 is 1.84 bits per heavy atom. The zero-order valence-corrected chi connectivity index (χ0v) is 22.1. The van der Waals surface area contributed by atoms with E-state index in [9.17, 15) is 4.79 Å². The lowest BCUT2D eigenvalue weighted by atomic mass is 10.3. The van der Waals surface area contributed by atoms with Gasteiger partial charge in [-0.1, -0.05) is 25.1 Å². The number of guanidine groups is 1. The van der Waals surface area contributed by atoms with Crippen molar-refractivity contribution in [1.82, 2.24) is 20.5 Å². The van der Waals surface area contributed by atoms with Gasteiger partial charge in [0.1, 0.15) is 6.54 Å². The Labute approximate surface area is 207 Å². The van der Waals surface area contributed by atoms with E-state index in [2.05, 4.69) is 51.6 Å². The molecule has 2 N–H and O–H groups in total. The number of carbonyl (C=O) groups excluding carboxylic acids is 1. The van der Waals surface area contributed by atoms with Gasteiger partial charge >= 0.3 is 0 Å². The molecule has 0 aliphatic rings. The first-order chi connectivity index (χ1) is 14.5. The fourth-order valence-electron chi connectivity index (χ4n) is 2.71. The molecule has 1 aromatic heterocycles. The van der Waals surface area contributed by atoms with Gasteiger partial charge in [-0.15, -0.1) is 35.3 Å². The third-order valence-electron chi connectivity index (χ3n) is 4.61. The van der Waals surface area contributed by atoms with Gasteiger partial charge in [-0.2, -0.15) is 0 Å². The highest BCUT2D eigenvalue weighted by molar-refractivity contribution is 14.0. The fraction of sp³-hybridized carbons (Fsp3) is 0.500. The number of rotatable bonds is 11. The largest absolute Gasteiger partial charge is 0.375 e. The van der Waals surface area contributed by atoms with Crippen molar-refractivity contribution in [3.8, 4) is 0 Å². The summed E-state index contributed by atoms with van der Waals surface area (Å²) in [7, 11) is 5.58. The average Bonchev–Trinajstić information content (AvgIpc) is 3.22. The minimum Gasteiger partial charge on any atom is -0.375 e. The summed E-state index contributed by atoms with van der Waals surface area (Å²) in [5, 5.41) is 7.80. The molecule has 9 heteroatoms. The van der Waals surface area contributed by atoms with Crippen LogP contribution in [-0.4, -0.2) is 69.1 Å². The molecule has 2 rings (SSSR count). The molecule has 0 bridgehead atoms. The van der Waals surface area contributed by atoms with Crippen molar-refractivity contribution in [2.45, 2.75) is 26.2 Å². The SMILES string of the molecule is CCc1cnc(CCNC(=NCC(=O)N(C)C)NCCCN(C)c2ccccc2)s1.I. The average molecular weight is 559 g/mol. The Morgan fingerprint density at radius 3 is 2.48 bits per heavy atom. The molecule has 0 fully saturated rings. The summed E-state index contributed by atoms with van der Waals surface area (Å²) in [6.45, 7) is 4.70. The number of nitrogens with one attached hydrogen (secondary N) is 2. The molecule has 2 aromatic rings. The van der Waals surface area contributed by atoms with Crippen LogP contribution >= 0.6 is 35.3 Å². The quantitative estimate of drug-likeness (QED) is 0.192. The number of hydrogen-bond acceptors (Lipinski definition) is 5. The molecule has 7 nitrogen and oxygen atoms in total. The molecule has 0 saturated carbocycles. The predicted octanol–water partition coefficient (Wildman–Crippen LogP) is 3.02. The highest BCUT2D eigenvalue weighted by atomic mass is 127. The number of hydrogen-bond donors (Lipinski definition) is 2. The van der Waals surface area contributed by atoms with E-state index in [0.717, 1.165) is 43.9 Å². The Bertz CT molecular complexity index is 796. The summed E-state index contributed by atoms with van der Waals surface area (Å²) in [5.41, 5.74) is 1.20. The minimum atomic E-state index is -0.0209. The number of thiazole rings is 1. The summed E-state index contributed by atoms with van der Waals surface area (Å²) in [6, 6.07) is 10.3. The molecule has 0 radical (unpaired) electrons. The lowest BCUT2D eigenvalue weighted by molar-refractivity contribution is -0.127. The zero-order valence-electron chi connectivity index (χ0n) is 18.9. The molecule has 0 aliphatic heterocycles. The predicted molar refractivity (Wildman–Crippen MR) is 142 cm³/mol. The number of benzene rings is 1. The van der Waals surface area contributed by atoms with Crippen molar-refractivity contribution in [1.29, 1.82) is 0 Å². The number of halogens is 1. The second-order valence-electron chi connectivity index (χ2n) is 7.24. The monoisotopic (exact) mass is 558 g/mol. The number of nitrogens with zero attached hydrogens (tertiary/aromatic N) is 4. The number of carbonyl (C=O) groups is 1. The normalized spacial score (nSPS) is 10.9. The maximum absolute atomic E-state index is 11.9. The Hall–Kier alpha value is -1.88. The first-order valence-electron chi connectivity index (χ1n) is 10.4. The van der Waals surface area contributed by atoms with E-state index in [0.29, 0.717) is 5.96 Å². The van der Waals surface area contributed by atoms with E-state index in [-0.39, 0.29) is 36.4 Å². The molecule has 31 heavy (non-hydrogen) atoms. The maximum Gasteiger partial charge on any atom is 0.243 e. The number of aryl methyl sites for hydroxylation is 1. The number of aromatic nitrogens is 1. The number of para-hydroxylation sites is 1. The fourth-order valence-corrected chi connectivity index (χ4v) is 3.57. The third kappa shape index (κ3) is 10.3. The van der Waals surface area contributed by atoms with Crippen LogP contribution in [0.3, 0.4) is 0 Å². The van der Waals surface area contributed by atoms with Crippen molar-refractivity contribution in [3.05, 3.63) is 46.4 Å². The van der Waals surface area contributed by atoms with Crippen LogP contribution in [0.1, 0.15) is 23.2 Å². The standard InChI is InChI=1S/C22H34N6OS.HI/c1-5-19-16-25-20(30-19)12-14-24-22(26-17-21(29)27(2)3)23-13-9-15-28(4)18-10-7-6-8-11-18;/h6-8,10-11,16H,5,9,12-15,17H2,1-4H3,(H2,23,24,26);1H. The van der Waals surface area contributed by atoms with E-state index in [1.165, 1.54) is 10.6 Å². The second kappa shape index (κ2) is 15.0. The summed E-state index contributed by atoms with van der Waals surface area (Å²) >= 11 is 1.75. The van der Waals surface area contributed by atoms with Gasteiger partial charge in [-0.05, 0) is 25.0 Å². The van der Waals surface area contributed by atoms with E-state index in [1.54, 1.807) is 30.3 Å². The van der Waals surface area contributed by atoms with Crippen LogP contribution in [0, 0.1) is 0 Å². The molecule has 172 valence electrons. The van der Waals surface area contributed by atoms with Crippen LogP contribution in [0.5, 0.6) is 0 Å². The van der Waals surface area contributed by atoms with Gasteiger partial charge in [0.2, 0.25) is 5.91 Å². The van der Waals surface area contributed by atoms with Crippen LogP contribution in [0.4, 0.5) is 5.69 Å². The van der Waals surface area contributed by atoms with Crippen molar-refractivity contribution < 1.29 is 4.79 Å². The Morgan fingerprint density at radius 1 is 1.13 bits per heavy atom. The molecule has 0 saturated heterocycles. The third-order valence-corrected chi connectivity index (χ3v) is 5.81. The molecule has 1 heterocycles. The van der Waals surface area contributed by atoms with Gasteiger partial charge in [0, 0.05) is 64.0 Å². The zero-order chi connectivity index (χ0) is 21.8. The van der Waals surface area contributed by atoms with Crippen LogP contribution in [0.25, 0.3) is 0 Å². The van der Waals surface area contributed by atoms with E-state index in [1.807, 2.05) is 24.4 Å². The molecule has 0 spiro atoms. The number of amides is 1. The molecular formula is C22H35IN6OS. The van der Waals surface area contributed by atoms with E-state index in [4.69, 9.17) is 0 Å². The van der Waals surface area contributed by atoms with Crippen LogP contribution in [-0.2, 0) is 17.6 Å². The lowest BCUT2D eigenvalue weighted by Crippen LogP contribution is -2.40. The summed E-state index contributed by atoms with van der Waals surface area (Å²) < 4.78 is 0. The van der Waals surface area contributed by atoms with Gasteiger partial charge in [0.15, 0.2) is 5.96 Å². The van der Waals surface area contributed by atoms with Crippen LogP contribution in [0.2, 0.25) is 0 Å². The van der Waals surface area contributed by atoms with Crippen molar-refractivity contribution >= 4 is 52.9 Å². The number of anilines is 1. The van der Waals surface area contributed by atoms with Crippen molar-refractivity contribution in [2.24, 2.45) is 4.99 Å². The molecule has 0 atom stereocenters. The van der Waals surface area contributed by atoms with Crippen molar-refractivity contribution in [3.63, 3.8) is 0 Å². The highest BCUT2D eigenvalue weighted by Gasteiger charge is 2.06. The lowest BCUT2D eigenvalue weighted by Gasteiger charge is -2.20. The molecule has 0 aliphatic carbocycles. The molecular weight excluding hydrogens is 523 g/mol. The summed E-state index contributed by atoms with van der Waals surface area (Å²) in [5.74, 6) is 0.646. The Kier molecular flexibility index (Phi) is 13.1. The first-order valence-corrected chi connectivity index (χ1v) is 11.2. The summed E-state index contributed by atoms with van der Waals surface area (Å²) in [6.07, 6.45) is 4.76. The smallest absolute Gasteiger partial charge is 0.243 e. The summed E-state index contributed by atoms with van der Waals surface area (Å²) in [4.78, 5) is 25.9. The van der Waals surface area contributed by atoms with E-state index >= 15 is 0 Å².